The van der Waals surface area contributed by atoms with Gasteiger partial charge in [0.15, 0.2) is 0 Å². The standard InChI is InChI=1S/C16H19ClN2O/c1-11-16(12(2)20-18-11)15-7-4-8-19(15)10-13-5-3-6-14(17)9-13/h3,5-6,9,15H,4,7-8,10H2,1-2H3. The Morgan fingerprint density at radius 1 is 1.40 bits per heavy atom. The lowest BCUT2D eigenvalue weighted by Crippen LogP contribution is -2.23. The van der Waals surface area contributed by atoms with E-state index in [4.69, 9.17) is 16.1 Å². The second-order valence-electron chi connectivity index (χ2n) is 5.50. The van der Waals surface area contributed by atoms with Gasteiger partial charge in [-0.3, -0.25) is 4.90 Å². The van der Waals surface area contributed by atoms with Crippen molar-refractivity contribution < 1.29 is 4.52 Å². The quantitative estimate of drug-likeness (QED) is 0.845. The number of hydrogen-bond acceptors (Lipinski definition) is 3. The number of hydrogen-bond donors (Lipinski definition) is 0. The average Bonchev–Trinajstić information content (AvgIpc) is 2.97. The van der Waals surface area contributed by atoms with Crippen molar-refractivity contribution >= 4 is 11.6 Å². The summed E-state index contributed by atoms with van der Waals surface area (Å²) >= 11 is 6.07. The molecule has 3 nitrogen and oxygen atoms in total. The molecular formula is C16H19ClN2O. The first-order chi connectivity index (χ1) is 9.65. The molecule has 0 saturated carbocycles. The highest BCUT2D eigenvalue weighted by Crippen LogP contribution is 2.36. The monoisotopic (exact) mass is 290 g/mol. The van der Waals surface area contributed by atoms with Crippen LogP contribution in [0.2, 0.25) is 5.02 Å². The van der Waals surface area contributed by atoms with E-state index in [0.29, 0.717) is 6.04 Å². The fourth-order valence-corrected chi connectivity index (χ4v) is 3.39. The van der Waals surface area contributed by atoms with Crippen LogP contribution in [-0.4, -0.2) is 16.6 Å². The zero-order valence-electron chi connectivity index (χ0n) is 11.9. The molecule has 3 rings (SSSR count). The van der Waals surface area contributed by atoms with Gasteiger partial charge in [-0.2, -0.15) is 0 Å². The summed E-state index contributed by atoms with van der Waals surface area (Å²) in [6.07, 6.45) is 2.39. The van der Waals surface area contributed by atoms with Crippen molar-refractivity contribution in [1.29, 1.82) is 0 Å². The molecule has 0 radical (unpaired) electrons. The highest BCUT2D eigenvalue weighted by Gasteiger charge is 2.30. The van der Waals surface area contributed by atoms with Crippen LogP contribution >= 0.6 is 11.6 Å². The average molecular weight is 291 g/mol. The third-order valence-electron chi connectivity index (χ3n) is 4.06. The van der Waals surface area contributed by atoms with Crippen LogP contribution < -0.4 is 0 Å². The van der Waals surface area contributed by atoms with Crippen LogP contribution in [0.4, 0.5) is 0 Å². The number of halogens is 1. The lowest BCUT2D eigenvalue weighted by atomic mass is 10.0. The second kappa shape index (κ2) is 5.58. The number of rotatable bonds is 3. The van der Waals surface area contributed by atoms with E-state index < -0.39 is 0 Å². The van der Waals surface area contributed by atoms with Gasteiger partial charge in [0.2, 0.25) is 0 Å². The van der Waals surface area contributed by atoms with Gasteiger partial charge >= 0.3 is 0 Å². The first-order valence-electron chi connectivity index (χ1n) is 7.06. The lowest BCUT2D eigenvalue weighted by molar-refractivity contribution is 0.245. The Morgan fingerprint density at radius 2 is 2.25 bits per heavy atom. The summed E-state index contributed by atoms with van der Waals surface area (Å²) < 4.78 is 5.33. The van der Waals surface area contributed by atoms with Crippen LogP contribution in [0.3, 0.4) is 0 Å². The van der Waals surface area contributed by atoms with Crippen LogP contribution in [0.1, 0.15) is 41.5 Å². The Bertz CT molecular complexity index is 589. The maximum Gasteiger partial charge on any atom is 0.138 e. The second-order valence-corrected chi connectivity index (χ2v) is 5.93. The molecule has 0 amide bonds. The highest BCUT2D eigenvalue weighted by atomic mass is 35.5. The molecule has 0 bridgehead atoms. The van der Waals surface area contributed by atoms with Gasteiger partial charge in [0, 0.05) is 23.2 Å². The predicted molar refractivity (Wildman–Crippen MR) is 79.8 cm³/mol. The van der Waals surface area contributed by atoms with Crippen molar-refractivity contribution in [2.75, 3.05) is 6.54 Å². The molecule has 0 aliphatic carbocycles. The van der Waals surface area contributed by atoms with E-state index in [1.807, 2.05) is 32.0 Å². The summed E-state index contributed by atoms with van der Waals surface area (Å²) in [5, 5.41) is 4.90. The minimum Gasteiger partial charge on any atom is -0.361 e. The van der Waals surface area contributed by atoms with Crippen LogP contribution in [-0.2, 0) is 6.54 Å². The Labute approximate surface area is 124 Å². The van der Waals surface area contributed by atoms with E-state index in [1.165, 1.54) is 24.0 Å². The van der Waals surface area contributed by atoms with E-state index in [1.54, 1.807) is 0 Å². The fraction of sp³-hybridized carbons (Fsp3) is 0.438. The number of nitrogens with zero attached hydrogens (tertiary/aromatic N) is 2. The van der Waals surface area contributed by atoms with Crippen LogP contribution in [0, 0.1) is 13.8 Å². The van der Waals surface area contributed by atoms with Crippen molar-refractivity contribution in [3.63, 3.8) is 0 Å². The van der Waals surface area contributed by atoms with E-state index in [2.05, 4.69) is 16.1 Å². The Hall–Kier alpha value is -1.32. The normalized spacial score (nSPS) is 19.6. The van der Waals surface area contributed by atoms with Gasteiger partial charge in [-0.1, -0.05) is 28.9 Å². The molecule has 1 atom stereocenters. The van der Waals surface area contributed by atoms with E-state index in [9.17, 15) is 0 Å². The minimum absolute atomic E-state index is 0.417. The Balaban J connectivity index is 1.83. The molecule has 1 aromatic heterocycles. The molecule has 0 N–H and O–H groups in total. The highest BCUT2D eigenvalue weighted by molar-refractivity contribution is 6.30. The molecule has 2 aromatic rings. The van der Waals surface area contributed by atoms with Crippen molar-refractivity contribution in [3.05, 3.63) is 51.9 Å². The maximum absolute atomic E-state index is 6.07. The fourth-order valence-electron chi connectivity index (χ4n) is 3.18. The molecule has 1 aliphatic rings. The van der Waals surface area contributed by atoms with Gasteiger partial charge in [-0.15, -0.1) is 0 Å². The van der Waals surface area contributed by atoms with Crippen LogP contribution in [0.25, 0.3) is 0 Å². The molecular weight excluding hydrogens is 272 g/mol. The molecule has 1 saturated heterocycles. The first-order valence-corrected chi connectivity index (χ1v) is 7.44. The molecule has 0 spiro atoms. The topological polar surface area (TPSA) is 29.3 Å². The third-order valence-corrected chi connectivity index (χ3v) is 4.30. The third kappa shape index (κ3) is 2.60. The Kier molecular flexibility index (Phi) is 3.81. The number of aromatic nitrogens is 1. The van der Waals surface area contributed by atoms with Gasteiger partial charge in [0.1, 0.15) is 5.76 Å². The van der Waals surface area contributed by atoms with Crippen molar-refractivity contribution in [3.8, 4) is 0 Å². The molecule has 4 heteroatoms. The van der Waals surface area contributed by atoms with Gasteiger partial charge < -0.3 is 4.52 Å². The molecule has 1 fully saturated rings. The van der Waals surface area contributed by atoms with Crippen LogP contribution in [0.5, 0.6) is 0 Å². The maximum atomic E-state index is 6.07. The van der Waals surface area contributed by atoms with E-state index >= 15 is 0 Å². The smallest absolute Gasteiger partial charge is 0.138 e. The van der Waals surface area contributed by atoms with E-state index in [0.717, 1.165) is 29.6 Å². The SMILES string of the molecule is Cc1noc(C)c1C1CCCN1Cc1cccc(Cl)c1. The molecule has 106 valence electrons. The van der Waals surface area contributed by atoms with Crippen molar-refractivity contribution in [2.24, 2.45) is 0 Å². The summed E-state index contributed by atoms with van der Waals surface area (Å²) in [5.74, 6) is 0.950. The van der Waals surface area contributed by atoms with Gasteiger partial charge in [0.25, 0.3) is 0 Å². The number of benzene rings is 1. The first kappa shape index (κ1) is 13.7. The summed E-state index contributed by atoms with van der Waals surface area (Å²) in [4.78, 5) is 2.50. The van der Waals surface area contributed by atoms with Gasteiger partial charge in [-0.25, -0.2) is 0 Å². The van der Waals surface area contributed by atoms with Crippen molar-refractivity contribution in [2.45, 2.75) is 39.3 Å². The molecule has 1 aromatic carbocycles. The molecule has 2 heterocycles. The van der Waals surface area contributed by atoms with Gasteiger partial charge in [-0.05, 0) is 50.9 Å². The Morgan fingerprint density at radius 3 is 2.95 bits per heavy atom. The minimum atomic E-state index is 0.417. The summed E-state index contributed by atoms with van der Waals surface area (Å²) in [7, 11) is 0. The summed E-state index contributed by atoms with van der Waals surface area (Å²) in [6, 6.07) is 8.53. The lowest BCUT2D eigenvalue weighted by Gasteiger charge is -2.24. The van der Waals surface area contributed by atoms with Crippen LogP contribution in [0.15, 0.2) is 28.8 Å². The molecule has 20 heavy (non-hydrogen) atoms. The number of likely N-dealkylation sites (tertiary alicyclic amines) is 1. The molecule has 1 aliphatic heterocycles. The predicted octanol–water partition coefficient (Wildman–Crippen LogP) is 4.28. The zero-order chi connectivity index (χ0) is 14.1. The largest absolute Gasteiger partial charge is 0.361 e. The number of aryl methyl sites for hydroxylation is 2. The van der Waals surface area contributed by atoms with Crippen molar-refractivity contribution in [1.82, 2.24) is 10.1 Å². The summed E-state index contributed by atoms with van der Waals surface area (Å²) in [6.45, 7) is 6.07. The zero-order valence-corrected chi connectivity index (χ0v) is 12.7. The molecule has 1 unspecified atom stereocenters. The van der Waals surface area contributed by atoms with Gasteiger partial charge in [0.05, 0.1) is 5.69 Å². The van der Waals surface area contributed by atoms with E-state index in [-0.39, 0.29) is 0 Å². The summed E-state index contributed by atoms with van der Waals surface area (Å²) in [5.41, 5.74) is 3.55.